The number of hydrogen-bond acceptors (Lipinski definition) is 3. The number of phenolic OH excluding ortho intramolecular Hbond substituents is 1. The van der Waals surface area contributed by atoms with E-state index in [4.69, 9.17) is 11.6 Å². The minimum Gasteiger partial charge on any atom is -0.508 e. The summed E-state index contributed by atoms with van der Waals surface area (Å²) in [4.78, 5) is 27.3. The average molecular weight is 415 g/mol. The van der Waals surface area contributed by atoms with E-state index in [1.807, 2.05) is 24.3 Å². The fourth-order valence-corrected chi connectivity index (χ4v) is 4.01. The molecule has 154 valence electrons. The Kier molecular flexibility index (Phi) is 6.80. The smallest absolute Gasteiger partial charge is 0.317 e. The number of halogens is 1. The highest BCUT2D eigenvalue weighted by molar-refractivity contribution is 6.31. The molecule has 29 heavy (non-hydrogen) atoms. The van der Waals surface area contributed by atoms with Crippen molar-refractivity contribution in [3.63, 3.8) is 0 Å². The molecule has 6 heteroatoms. The molecule has 1 unspecified atom stereocenters. The summed E-state index contributed by atoms with van der Waals surface area (Å²) < 4.78 is 0. The Balaban J connectivity index is 1.60. The van der Waals surface area contributed by atoms with Crippen LogP contribution in [0, 0.1) is 11.8 Å². The Hall–Kier alpha value is -2.53. The predicted molar refractivity (Wildman–Crippen MR) is 114 cm³/mol. The largest absolute Gasteiger partial charge is 0.508 e. The lowest BCUT2D eigenvalue weighted by Gasteiger charge is -2.33. The minimum absolute atomic E-state index is 0.0705. The Morgan fingerprint density at radius 2 is 1.69 bits per heavy atom. The van der Waals surface area contributed by atoms with Gasteiger partial charge in [-0.2, -0.15) is 0 Å². The fourth-order valence-electron chi connectivity index (χ4n) is 3.76. The van der Waals surface area contributed by atoms with Gasteiger partial charge in [0.2, 0.25) is 0 Å². The number of nitrogens with zero attached hydrogens (tertiary/aromatic N) is 1. The van der Waals surface area contributed by atoms with Gasteiger partial charge in [-0.1, -0.05) is 43.6 Å². The third kappa shape index (κ3) is 5.10. The molecule has 2 N–H and O–H groups in total. The highest BCUT2D eigenvalue weighted by Gasteiger charge is 2.30. The van der Waals surface area contributed by atoms with Crippen LogP contribution in [-0.2, 0) is 0 Å². The molecular weight excluding hydrogens is 388 g/mol. The van der Waals surface area contributed by atoms with E-state index >= 15 is 0 Å². The third-order valence-corrected chi connectivity index (χ3v) is 5.83. The van der Waals surface area contributed by atoms with Crippen LogP contribution in [0.2, 0.25) is 5.02 Å². The monoisotopic (exact) mass is 414 g/mol. The molecule has 0 aromatic heterocycles. The molecule has 1 saturated heterocycles. The lowest BCUT2D eigenvalue weighted by atomic mass is 9.89. The number of phenols is 1. The van der Waals surface area contributed by atoms with Gasteiger partial charge in [-0.05, 0) is 54.7 Å². The molecule has 1 aliphatic rings. The number of carbonyl (C=O) groups excluding carboxylic acids is 2. The fraction of sp³-hybridized carbons (Fsp3) is 0.391. The van der Waals surface area contributed by atoms with E-state index < -0.39 is 0 Å². The molecule has 5 nitrogen and oxygen atoms in total. The third-order valence-electron chi connectivity index (χ3n) is 5.49. The van der Waals surface area contributed by atoms with Crippen molar-refractivity contribution in [2.75, 3.05) is 13.1 Å². The molecule has 2 amide bonds. The van der Waals surface area contributed by atoms with Crippen LogP contribution < -0.4 is 5.32 Å². The zero-order chi connectivity index (χ0) is 21.0. The molecule has 2 aromatic carbocycles. The van der Waals surface area contributed by atoms with Crippen LogP contribution >= 0.6 is 11.6 Å². The molecule has 1 aliphatic heterocycles. The Morgan fingerprint density at radius 1 is 1.07 bits per heavy atom. The van der Waals surface area contributed by atoms with Gasteiger partial charge >= 0.3 is 6.03 Å². The number of Topliss-reactive ketones (excluding diaryl/α,β-unsaturated/α-hetero) is 1. The SMILES string of the molecule is CC(C)C(NC(=O)N1CCC(C(=O)c2ccc(O)cc2)CC1)c1ccccc1Cl. The van der Waals surface area contributed by atoms with Crippen molar-refractivity contribution in [2.24, 2.45) is 11.8 Å². The number of aromatic hydroxyl groups is 1. The first kappa shape index (κ1) is 21.2. The summed E-state index contributed by atoms with van der Waals surface area (Å²) in [6.07, 6.45) is 1.26. The number of amides is 2. The van der Waals surface area contributed by atoms with Crippen molar-refractivity contribution in [1.29, 1.82) is 0 Å². The summed E-state index contributed by atoms with van der Waals surface area (Å²) in [5, 5.41) is 13.1. The number of hydrogen-bond donors (Lipinski definition) is 2. The van der Waals surface area contributed by atoms with Gasteiger partial charge in [0.05, 0.1) is 6.04 Å². The predicted octanol–water partition coefficient (Wildman–Crippen LogP) is 5.05. The summed E-state index contributed by atoms with van der Waals surface area (Å²) in [7, 11) is 0. The summed E-state index contributed by atoms with van der Waals surface area (Å²) in [6.45, 7) is 5.18. The first-order valence-electron chi connectivity index (χ1n) is 10.00. The van der Waals surface area contributed by atoms with E-state index in [0.717, 1.165) is 5.56 Å². The summed E-state index contributed by atoms with van der Waals surface area (Å²) in [5.74, 6) is 0.299. The van der Waals surface area contributed by atoms with Gasteiger partial charge in [0.15, 0.2) is 5.78 Å². The van der Waals surface area contributed by atoms with E-state index in [9.17, 15) is 14.7 Å². The van der Waals surface area contributed by atoms with Crippen molar-refractivity contribution in [3.05, 3.63) is 64.7 Å². The van der Waals surface area contributed by atoms with Crippen LogP contribution in [0.5, 0.6) is 5.75 Å². The number of rotatable bonds is 5. The number of urea groups is 1. The number of carbonyl (C=O) groups is 2. The Labute approximate surface area is 176 Å². The van der Waals surface area contributed by atoms with Crippen LogP contribution in [-0.4, -0.2) is 34.9 Å². The molecule has 0 aliphatic carbocycles. The molecule has 0 bridgehead atoms. The van der Waals surface area contributed by atoms with E-state index in [1.54, 1.807) is 17.0 Å². The Morgan fingerprint density at radius 3 is 2.28 bits per heavy atom. The molecule has 0 radical (unpaired) electrons. The zero-order valence-electron chi connectivity index (χ0n) is 16.8. The number of piperidine rings is 1. The molecule has 1 heterocycles. The first-order valence-corrected chi connectivity index (χ1v) is 10.4. The van der Waals surface area contributed by atoms with E-state index in [1.165, 1.54) is 12.1 Å². The maximum absolute atomic E-state index is 12.8. The number of ketones is 1. The van der Waals surface area contributed by atoms with E-state index in [0.29, 0.717) is 36.5 Å². The molecule has 1 atom stereocenters. The highest BCUT2D eigenvalue weighted by atomic mass is 35.5. The molecule has 1 fully saturated rings. The van der Waals surface area contributed by atoms with Gasteiger partial charge < -0.3 is 15.3 Å². The van der Waals surface area contributed by atoms with Crippen molar-refractivity contribution in [2.45, 2.75) is 32.7 Å². The van der Waals surface area contributed by atoms with Gasteiger partial charge in [-0.15, -0.1) is 0 Å². The standard InChI is InChI=1S/C23H27ClN2O3/c1-15(2)21(19-5-3-4-6-20(19)24)25-23(29)26-13-11-17(12-14-26)22(28)16-7-9-18(27)10-8-16/h3-10,15,17,21,27H,11-14H2,1-2H3,(H,25,29). The highest BCUT2D eigenvalue weighted by Crippen LogP contribution is 2.29. The van der Waals surface area contributed by atoms with E-state index in [2.05, 4.69) is 19.2 Å². The van der Waals surface area contributed by atoms with Gasteiger partial charge in [0.25, 0.3) is 0 Å². The second-order valence-corrected chi connectivity index (χ2v) is 8.27. The van der Waals surface area contributed by atoms with Gasteiger partial charge in [-0.25, -0.2) is 4.79 Å². The number of likely N-dealkylation sites (tertiary alicyclic amines) is 1. The molecule has 2 aromatic rings. The van der Waals surface area contributed by atoms with Crippen LogP contribution in [0.3, 0.4) is 0 Å². The summed E-state index contributed by atoms with van der Waals surface area (Å²) in [6, 6.07) is 13.6. The van der Waals surface area contributed by atoms with Crippen LogP contribution in [0.25, 0.3) is 0 Å². The van der Waals surface area contributed by atoms with Crippen molar-refractivity contribution in [1.82, 2.24) is 10.2 Å². The molecule has 3 rings (SSSR count). The lowest BCUT2D eigenvalue weighted by molar-refractivity contribution is 0.0852. The van der Waals surface area contributed by atoms with Crippen LogP contribution in [0.4, 0.5) is 4.79 Å². The second-order valence-electron chi connectivity index (χ2n) is 7.87. The summed E-state index contributed by atoms with van der Waals surface area (Å²) in [5.41, 5.74) is 1.51. The van der Waals surface area contributed by atoms with Crippen molar-refractivity contribution < 1.29 is 14.7 Å². The van der Waals surface area contributed by atoms with Crippen molar-refractivity contribution >= 4 is 23.4 Å². The van der Waals surface area contributed by atoms with Gasteiger partial charge in [0.1, 0.15) is 5.75 Å². The van der Waals surface area contributed by atoms with Gasteiger partial charge in [-0.3, -0.25) is 4.79 Å². The quantitative estimate of drug-likeness (QED) is 0.673. The topological polar surface area (TPSA) is 69.6 Å². The molecule has 0 saturated carbocycles. The zero-order valence-corrected chi connectivity index (χ0v) is 17.5. The molecular formula is C23H27ClN2O3. The van der Waals surface area contributed by atoms with Gasteiger partial charge in [0, 0.05) is 29.6 Å². The maximum atomic E-state index is 12.8. The van der Waals surface area contributed by atoms with Crippen molar-refractivity contribution in [3.8, 4) is 5.75 Å². The average Bonchev–Trinajstić information content (AvgIpc) is 2.72. The van der Waals surface area contributed by atoms with E-state index in [-0.39, 0.29) is 35.4 Å². The van der Waals surface area contributed by atoms with Crippen LogP contribution in [0.15, 0.2) is 48.5 Å². The first-order chi connectivity index (χ1) is 13.9. The maximum Gasteiger partial charge on any atom is 0.317 e. The summed E-state index contributed by atoms with van der Waals surface area (Å²) >= 11 is 6.34. The normalized spacial score (nSPS) is 15.9. The number of nitrogens with one attached hydrogen (secondary N) is 1. The molecule has 0 spiro atoms. The minimum atomic E-state index is -0.174. The second kappa shape index (κ2) is 9.31. The van der Waals surface area contributed by atoms with Crippen LogP contribution in [0.1, 0.15) is 48.7 Å². The lowest BCUT2D eigenvalue weighted by Crippen LogP contribution is -2.47. The Bertz CT molecular complexity index is 859. The number of benzene rings is 2.